The molecule has 1 saturated heterocycles. The summed E-state index contributed by atoms with van der Waals surface area (Å²) in [6, 6.07) is 16.4. The van der Waals surface area contributed by atoms with Crippen molar-refractivity contribution in [2.24, 2.45) is 0 Å². The van der Waals surface area contributed by atoms with Crippen molar-refractivity contribution in [3.05, 3.63) is 71.8 Å². The van der Waals surface area contributed by atoms with Crippen molar-refractivity contribution in [3.63, 3.8) is 0 Å². The van der Waals surface area contributed by atoms with Gasteiger partial charge in [0.1, 0.15) is 18.7 Å². The lowest BCUT2D eigenvalue weighted by Crippen LogP contribution is -2.51. The lowest BCUT2D eigenvalue weighted by molar-refractivity contribution is -0.131. The van der Waals surface area contributed by atoms with Crippen LogP contribution >= 0.6 is 0 Å². The van der Waals surface area contributed by atoms with Gasteiger partial charge in [-0.2, -0.15) is 0 Å². The van der Waals surface area contributed by atoms with Gasteiger partial charge in [-0.15, -0.1) is 0 Å². The largest absolute Gasteiger partial charge is 0.465 e. The molecule has 1 heterocycles. The lowest BCUT2D eigenvalue weighted by Gasteiger charge is -2.28. The summed E-state index contributed by atoms with van der Waals surface area (Å²) in [7, 11) is 0. The van der Waals surface area contributed by atoms with Crippen LogP contribution in [-0.4, -0.2) is 40.7 Å². The average molecular weight is 368 g/mol. The van der Waals surface area contributed by atoms with Gasteiger partial charge >= 0.3 is 12.2 Å². The summed E-state index contributed by atoms with van der Waals surface area (Å²) in [6.07, 6.45) is -2.11. The van der Waals surface area contributed by atoms with Gasteiger partial charge in [-0.1, -0.05) is 67.6 Å². The molecule has 140 valence electrons. The van der Waals surface area contributed by atoms with E-state index in [0.717, 1.165) is 16.0 Å². The van der Waals surface area contributed by atoms with Crippen molar-refractivity contribution in [2.45, 2.75) is 24.9 Å². The highest BCUT2D eigenvalue weighted by molar-refractivity contribution is 5.98. The molecule has 3 rings (SSSR count). The number of hydrogen-bond acceptors (Lipinski definition) is 4. The summed E-state index contributed by atoms with van der Waals surface area (Å²) in [6.45, 7) is 1.78. The van der Waals surface area contributed by atoms with Crippen LogP contribution in [-0.2, 0) is 9.53 Å². The van der Waals surface area contributed by atoms with E-state index in [9.17, 15) is 19.5 Å². The Morgan fingerprint density at radius 3 is 2.30 bits per heavy atom. The lowest BCUT2D eigenvalue weighted by atomic mass is 9.92. The first kappa shape index (κ1) is 18.4. The molecule has 2 aromatic rings. The van der Waals surface area contributed by atoms with E-state index in [0.29, 0.717) is 0 Å². The SMILES string of the molecule is C[C@@H](c1ccccc1)[C@H](NC(=O)O)C(=O)N1C(=O)OC[C@@H]1c1ccccc1. The second-order valence-corrected chi connectivity index (χ2v) is 6.34. The number of cyclic esters (lactones) is 1. The van der Waals surface area contributed by atoms with Crippen LogP contribution in [0.3, 0.4) is 0 Å². The minimum atomic E-state index is -1.33. The maximum Gasteiger partial charge on any atom is 0.417 e. The van der Waals surface area contributed by atoms with Gasteiger partial charge in [0.05, 0.1) is 0 Å². The second-order valence-electron chi connectivity index (χ2n) is 6.34. The van der Waals surface area contributed by atoms with E-state index < -0.39 is 36.1 Å². The molecule has 1 aliphatic rings. The molecule has 0 unspecified atom stereocenters. The number of ether oxygens (including phenoxy) is 1. The Morgan fingerprint density at radius 1 is 1.11 bits per heavy atom. The number of carboxylic acid groups (broad SMARTS) is 1. The number of carbonyl (C=O) groups is 3. The molecule has 0 aromatic heterocycles. The van der Waals surface area contributed by atoms with Crippen LogP contribution in [0.15, 0.2) is 60.7 Å². The fraction of sp³-hybridized carbons (Fsp3) is 0.250. The van der Waals surface area contributed by atoms with Gasteiger partial charge in [-0.05, 0) is 11.1 Å². The highest BCUT2D eigenvalue weighted by atomic mass is 16.6. The Bertz CT molecular complexity index is 825. The summed E-state index contributed by atoms with van der Waals surface area (Å²) < 4.78 is 5.09. The van der Waals surface area contributed by atoms with Gasteiger partial charge in [0.25, 0.3) is 5.91 Å². The molecule has 7 heteroatoms. The third kappa shape index (κ3) is 3.92. The Labute approximate surface area is 156 Å². The minimum Gasteiger partial charge on any atom is -0.465 e. The third-order valence-corrected chi connectivity index (χ3v) is 4.67. The number of imide groups is 1. The van der Waals surface area contributed by atoms with Crippen molar-refractivity contribution >= 4 is 18.1 Å². The molecule has 1 aliphatic heterocycles. The normalized spacial score (nSPS) is 18.5. The number of rotatable bonds is 5. The number of amides is 3. The smallest absolute Gasteiger partial charge is 0.417 e. The standard InChI is InChI=1S/C20H20N2O5/c1-13(14-8-4-2-5-9-14)17(21-19(24)25)18(23)22-16(12-27-20(22)26)15-10-6-3-7-11-15/h2-11,13,16-17,21H,12H2,1H3,(H,24,25)/t13-,16+,17-/m0/s1. The van der Waals surface area contributed by atoms with Gasteiger partial charge in [-0.25, -0.2) is 14.5 Å². The van der Waals surface area contributed by atoms with Crippen LogP contribution in [0, 0.1) is 0 Å². The van der Waals surface area contributed by atoms with Crippen LogP contribution in [0.5, 0.6) is 0 Å². The zero-order valence-corrected chi connectivity index (χ0v) is 14.7. The molecule has 0 saturated carbocycles. The predicted octanol–water partition coefficient (Wildman–Crippen LogP) is 3.15. The zero-order chi connectivity index (χ0) is 19.4. The maximum atomic E-state index is 13.2. The summed E-state index contributed by atoms with van der Waals surface area (Å²) in [5, 5.41) is 11.5. The van der Waals surface area contributed by atoms with Gasteiger partial charge in [0.2, 0.25) is 0 Å². The molecule has 0 spiro atoms. The molecular weight excluding hydrogens is 348 g/mol. The van der Waals surface area contributed by atoms with E-state index in [4.69, 9.17) is 4.74 Å². The van der Waals surface area contributed by atoms with Crippen LogP contribution in [0.4, 0.5) is 9.59 Å². The minimum absolute atomic E-state index is 0.0358. The quantitative estimate of drug-likeness (QED) is 0.845. The topological polar surface area (TPSA) is 95.9 Å². The third-order valence-electron chi connectivity index (χ3n) is 4.67. The highest BCUT2D eigenvalue weighted by Crippen LogP contribution is 2.30. The summed E-state index contributed by atoms with van der Waals surface area (Å²) in [5.74, 6) is -1.11. The molecule has 1 fully saturated rings. The first-order chi connectivity index (χ1) is 13.0. The molecule has 0 radical (unpaired) electrons. The molecule has 0 aliphatic carbocycles. The molecule has 3 amide bonds. The van der Waals surface area contributed by atoms with Crippen molar-refractivity contribution in [1.82, 2.24) is 10.2 Å². The van der Waals surface area contributed by atoms with Crippen molar-refractivity contribution < 1.29 is 24.2 Å². The highest BCUT2D eigenvalue weighted by Gasteiger charge is 2.43. The second kappa shape index (κ2) is 7.90. The van der Waals surface area contributed by atoms with E-state index in [-0.39, 0.29) is 6.61 Å². The average Bonchev–Trinajstić information content (AvgIpc) is 3.08. The molecule has 7 nitrogen and oxygen atoms in total. The molecule has 2 N–H and O–H groups in total. The van der Waals surface area contributed by atoms with Crippen molar-refractivity contribution in [3.8, 4) is 0 Å². The first-order valence-electron chi connectivity index (χ1n) is 8.58. The molecular formula is C20H20N2O5. The number of carbonyl (C=O) groups excluding carboxylic acids is 2. The van der Waals surface area contributed by atoms with Crippen LogP contribution in [0.1, 0.15) is 30.0 Å². The molecule has 3 atom stereocenters. The fourth-order valence-corrected chi connectivity index (χ4v) is 3.22. The molecule has 27 heavy (non-hydrogen) atoms. The van der Waals surface area contributed by atoms with Crippen LogP contribution < -0.4 is 5.32 Å². The summed E-state index contributed by atoms with van der Waals surface area (Å²) in [4.78, 5) is 37.8. The summed E-state index contributed by atoms with van der Waals surface area (Å²) in [5.41, 5.74) is 1.53. The van der Waals surface area contributed by atoms with Gasteiger partial charge in [0, 0.05) is 5.92 Å². The number of hydrogen-bond donors (Lipinski definition) is 2. The first-order valence-corrected chi connectivity index (χ1v) is 8.58. The Kier molecular flexibility index (Phi) is 5.40. The van der Waals surface area contributed by atoms with Crippen LogP contribution in [0.25, 0.3) is 0 Å². The molecule has 2 aromatic carbocycles. The predicted molar refractivity (Wildman–Crippen MR) is 97.2 cm³/mol. The number of nitrogens with zero attached hydrogens (tertiary/aromatic N) is 1. The monoisotopic (exact) mass is 368 g/mol. The zero-order valence-electron chi connectivity index (χ0n) is 14.7. The van der Waals surface area contributed by atoms with Crippen LogP contribution in [0.2, 0.25) is 0 Å². The van der Waals surface area contributed by atoms with E-state index in [1.54, 1.807) is 31.2 Å². The Morgan fingerprint density at radius 2 is 1.70 bits per heavy atom. The van der Waals surface area contributed by atoms with E-state index in [1.807, 2.05) is 36.4 Å². The van der Waals surface area contributed by atoms with E-state index in [2.05, 4.69) is 5.32 Å². The summed E-state index contributed by atoms with van der Waals surface area (Å²) >= 11 is 0. The number of nitrogens with one attached hydrogen (secondary N) is 1. The number of benzene rings is 2. The van der Waals surface area contributed by atoms with Gasteiger partial charge in [0.15, 0.2) is 0 Å². The van der Waals surface area contributed by atoms with Gasteiger partial charge in [-0.3, -0.25) is 4.79 Å². The Hall–Kier alpha value is -3.35. The van der Waals surface area contributed by atoms with Crippen molar-refractivity contribution in [1.29, 1.82) is 0 Å². The van der Waals surface area contributed by atoms with E-state index >= 15 is 0 Å². The molecule has 0 bridgehead atoms. The van der Waals surface area contributed by atoms with Crippen molar-refractivity contribution in [2.75, 3.05) is 6.61 Å². The Balaban J connectivity index is 1.92. The fourth-order valence-electron chi connectivity index (χ4n) is 3.22. The maximum absolute atomic E-state index is 13.2. The van der Waals surface area contributed by atoms with E-state index in [1.165, 1.54) is 0 Å². The van der Waals surface area contributed by atoms with Gasteiger partial charge < -0.3 is 15.2 Å².